The SMILES string of the molecule is O=C(O)N[C@H](Cc1cc(F)cc(F)c1)c1nc2ccccc2nc1Br. The highest BCUT2D eigenvalue weighted by Gasteiger charge is 2.21. The molecule has 1 amide bonds. The summed E-state index contributed by atoms with van der Waals surface area (Å²) in [6, 6.07) is 9.36. The normalized spacial score (nSPS) is 12.1. The molecule has 1 heterocycles. The molecule has 0 aliphatic rings. The number of amides is 1. The second-order valence-corrected chi connectivity index (χ2v) is 6.12. The molecule has 0 unspecified atom stereocenters. The lowest BCUT2D eigenvalue weighted by Crippen LogP contribution is -2.29. The van der Waals surface area contributed by atoms with E-state index in [1.165, 1.54) is 0 Å². The second kappa shape index (κ2) is 7.10. The molecule has 25 heavy (non-hydrogen) atoms. The number of nitrogens with one attached hydrogen (secondary N) is 1. The van der Waals surface area contributed by atoms with Crippen LogP contribution in [-0.2, 0) is 6.42 Å². The number of rotatable bonds is 4. The van der Waals surface area contributed by atoms with Crippen LogP contribution < -0.4 is 5.32 Å². The highest BCUT2D eigenvalue weighted by Crippen LogP contribution is 2.26. The van der Waals surface area contributed by atoms with Crippen molar-refractivity contribution in [3.8, 4) is 0 Å². The molecule has 2 aromatic carbocycles. The van der Waals surface area contributed by atoms with Crippen molar-refractivity contribution in [3.05, 3.63) is 70.0 Å². The molecular formula is C17H12BrF2N3O2. The fraction of sp³-hybridized carbons (Fsp3) is 0.118. The molecule has 0 fully saturated rings. The number of benzene rings is 2. The van der Waals surface area contributed by atoms with Gasteiger partial charge in [0.2, 0.25) is 0 Å². The molecule has 0 saturated carbocycles. The van der Waals surface area contributed by atoms with E-state index in [0.29, 0.717) is 26.9 Å². The first kappa shape index (κ1) is 17.2. The van der Waals surface area contributed by atoms with Gasteiger partial charge in [-0.25, -0.2) is 23.5 Å². The van der Waals surface area contributed by atoms with Gasteiger partial charge < -0.3 is 10.4 Å². The van der Waals surface area contributed by atoms with Crippen LogP contribution in [0.2, 0.25) is 0 Å². The number of nitrogens with zero attached hydrogens (tertiary/aromatic N) is 2. The van der Waals surface area contributed by atoms with E-state index >= 15 is 0 Å². The standard InChI is InChI=1S/C17H12BrF2N3O2/c18-16-15(21-12-3-1-2-4-13(12)22-16)14(23-17(24)25)7-9-5-10(19)8-11(20)6-9/h1-6,8,14,23H,7H2,(H,24,25)/t14-/m1/s1. The van der Waals surface area contributed by atoms with Crippen molar-refractivity contribution < 1.29 is 18.7 Å². The molecule has 0 aliphatic heterocycles. The van der Waals surface area contributed by atoms with Crippen LogP contribution >= 0.6 is 15.9 Å². The summed E-state index contributed by atoms with van der Waals surface area (Å²) in [5, 5.41) is 11.4. The average molecular weight is 408 g/mol. The lowest BCUT2D eigenvalue weighted by Gasteiger charge is -2.18. The van der Waals surface area contributed by atoms with E-state index in [1.807, 2.05) is 6.07 Å². The highest BCUT2D eigenvalue weighted by atomic mass is 79.9. The van der Waals surface area contributed by atoms with Crippen LogP contribution in [0.25, 0.3) is 11.0 Å². The number of carbonyl (C=O) groups is 1. The van der Waals surface area contributed by atoms with Gasteiger partial charge in [0.1, 0.15) is 16.2 Å². The van der Waals surface area contributed by atoms with Crippen LogP contribution in [0.5, 0.6) is 0 Å². The highest BCUT2D eigenvalue weighted by molar-refractivity contribution is 9.10. The van der Waals surface area contributed by atoms with Crippen molar-refractivity contribution in [1.29, 1.82) is 0 Å². The minimum Gasteiger partial charge on any atom is -0.465 e. The van der Waals surface area contributed by atoms with Gasteiger partial charge in [-0.05, 0) is 52.2 Å². The maximum absolute atomic E-state index is 13.4. The van der Waals surface area contributed by atoms with Crippen LogP contribution in [-0.4, -0.2) is 21.2 Å². The van der Waals surface area contributed by atoms with Crippen molar-refractivity contribution in [2.24, 2.45) is 0 Å². The van der Waals surface area contributed by atoms with Gasteiger partial charge in [-0.1, -0.05) is 12.1 Å². The third-order valence-electron chi connectivity index (χ3n) is 3.54. The Balaban J connectivity index is 2.03. The Morgan fingerprint density at radius 2 is 1.72 bits per heavy atom. The summed E-state index contributed by atoms with van der Waals surface area (Å²) in [4.78, 5) is 20.0. The minimum absolute atomic E-state index is 0.0204. The van der Waals surface area contributed by atoms with Crippen molar-refractivity contribution in [2.75, 3.05) is 0 Å². The summed E-state index contributed by atoms with van der Waals surface area (Å²) < 4.78 is 27.2. The summed E-state index contributed by atoms with van der Waals surface area (Å²) in [7, 11) is 0. The van der Waals surface area contributed by atoms with E-state index in [4.69, 9.17) is 5.11 Å². The zero-order valence-corrected chi connectivity index (χ0v) is 14.3. The van der Waals surface area contributed by atoms with Crippen LogP contribution in [0, 0.1) is 11.6 Å². The summed E-state index contributed by atoms with van der Waals surface area (Å²) in [5.74, 6) is -1.46. The van der Waals surface area contributed by atoms with Crippen molar-refractivity contribution >= 4 is 33.1 Å². The van der Waals surface area contributed by atoms with E-state index in [0.717, 1.165) is 18.2 Å². The molecule has 0 saturated heterocycles. The topological polar surface area (TPSA) is 75.1 Å². The Kier molecular flexibility index (Phi) is 4.89. The van der Waals surface area contributed by atoms with E-state index in [1.54, 1.807) is 18.2 Å². The van der Waals surface area contributed by atoms with E-state index in [9.17, 15) is 13.6 Å². The van der Waals surface area contributed by atoms with Crippen molar-refractivity contribution in [1.82, 2.24) is 15.3 Å². The Labute approximate surface area is 149 Å². The van der Waals surface area contributed by atoms with Gasteiger partial charge in [0.25, 0.3) is 0 Å². The summed E-state index contributed by atoms with van der Waals surface area (Å²) >= 11 is 3.30. The molecule has 5 nitrogen and oxygen atoms in total. The predicted octanol–water partition coefficient (Wildman–Crippen LogP) is 4.22. The number of halogens is 3. The molecular weight excluding hydrogens is 396 g/mol. The first-order chi connectivity index (χ1) is 11.9. The number of hydrogen-bond acceptors (Lipinski definition) is 3. The lowest BCUT2D eigenvalue weighted by atomic mass is 10.0. The monoisotopic (exact) mass is 407 g/mol. The lowest BCUT2D eigenvalue weighted by molar-refractivity contribution is 0.189. The first-order valence-corrected chi connectivity index (χ1v) is 8.08. The molecule has 0 spiro atoms. The first-order valence-electron chi connectivity index (χ1n) is 7.29. The van der Waals surface area contributed by atoms with E-state index < -0.39 is 23.8 Å². The maximum atomic E-state index is 13.4. The Morgan fingerprint density at radius 1 is 1.12 bits per heavy atom. The Bertz CT molecular complexity index is 932. The summed E-state index contributed by atoms with van der Waals surface area (Å²) in [5.41, 5.74) is 1.87. The molecule has 3 aromatic rings. The zero-order chi connectivity index (χ0) is 18.0. The van der Waals surface area contributed by atoms with Gasteiger partial charge in [-0.15, -0.1) is 0 Å². The third kappa shape index (κ3) is 4.08. The number of fused-ring (bicyclic) bond motifs is 1. The molecule has 0 radical (unpaired) electrons. The Morgan fingerprint density at radius 3 is 2.32 bits per heavy atom. The van der Waals surface area contributed by atoms with Gasteiger partial charge in [-0.2, -0.15) is 0 Å². The number of hydrogen-bond donors (Lipinski definition) is 2. The number of aromatic nitrogens is 2. The van der Waals surface area contributed by atoms with Crippen LogP contribution in [0.1, 0.15) is 17.3 Å². The second-order valence-electron chi connectivity index (χ2n) is 5.37. The van der Waals surface area contributed by atoms with E-state index in [2.05, 4.69) is 31.2 Å². The van der Waals surface area contributed by atoms with Gasteiger partial charge in [0, 0.05) is 6.07 Å². The largest absolute Gasteiger partial charge is 0.465 e. The quantitative estimate of drug-likeness (QED) is 0.678. The van der Waals surface area contributed by atoms with Crippen molar-refractivity contribution in [2.45, 2.75) is 12.5 Å². The predicted molar refractivity (Wildman–Crippen MR) is 91.2 cm³/mol. The molecule has 8 heteroatoms. The van der Waals surface area contributed by atoms with Crippen molar-refractivity contribution in [3.63, 3.8) is 0 Å². The van der Waals surface area contributed by atoms with Crippen LogP contribution in [0.4, 0.5) is 13.6 Å². The fourth-order valence-electron chi connectivity index (χ4n) is 2.54. The summed E-state index contributed by atoms with van der Waals surface area (Å²) in [6.45, 7) is 0. The fourth-order valence-corrected chi connectivity index (χ4v) is 3.10. The molecule has 0 aliphatic carbocycles. The molecule has 0 bridgehead atoms. The molecule has 3 rings (SSSR count). The minimum atomic E-state index is -1.27. The maximum Gasteiger partial charge on any atom is 0.405 e. The van der Waals surface area contributed by atoms with Gasteiger partial charge in [-0.3, -0.25) is 0 Å². The number of para-hydroxylation sites is 2. The van der Waals surface area contributed by atoms with E-state index in [-0.39, 0.29) is 6.42 Å². The molecule has 1 atom stereocenters. The van der Waals surface area contributed by atoms with Crippen LogP contribution in [0.15, 0.2) is 47.1 Å². The van der Waals surface area contributed by atoms with Gasteiger partial charge in [0.05, 0.1) is 22.8 Å². The third-order valence-corrected chi connectivity index (χ3v) is 4.13. The molecule has 2 N–H and O–H groups in total. The van der Waals surface area contributed by atoms with Crippen LogP contribution in [0.3, 0.4) is 0 Å². The van der Waals surface area contributed by atoms with Gasteiger partial charge in [0.15, 0.2) is 0 Å². The Hall–Kier alpha value is -2.61. The smallest absolute Gasteiger partial charge is 0.405 e. The summed E-state index contributed by atoms with van der Waals surface area (Å²) in [6.07, 6.45) is -1.25. The zero-order valence-electron chi connectivity index (χ0n) is 12.7. The average Bonchev–Trinajstić information content (AvgIpc) is 2.52. The molecule has 1 aromatic heterocycles. The number of carboxylic acid groups (broad SMARTS) is 1. The van der Waals surface area contributed by atoms with Gasteiger partial charge >= 0.3 is 6.09 Å². The molecule has 128 valence electrons.